The highest BCUT2D eigenvalue weighted by Gasteiger charge is 2.24. The maximum Gasteiger partial charge on any atom is 0.228 e. The monoisotopic (exact) mass is 370 g/mol. The molecular weight excluding hydrogens is 352 g/mol. The molecule has 4 aromatic rings. The van der Waals surface area contributed by atoms with Crippen molar-refractivity contribution in [1.82, 2.24) is 25.3 Å². The average Bonchev–Trinajstić information content (AvgIpc) is 3.10. The largest absolute Gasteiger partial charge is 0.345 e. The maximum atomic E-state index is 12.6. The molecule has 0 spiro atoms. The zero-order valence-electron chi connectivity index (χ0n) is 15.5. The summed E-state index contributed by atoms with van der Waals surface area (Å²) in [6.07, 6.45) is 3.50. The number of fused-ring (bicyclic) bond motifs is 3. The minimum Gasteiger partial charge on any atom is -0.345 e. The molecular formula is C21H18N6O. The van der Waals surface area contributed by atoms with Crippen LogP contribution >= 0.6 is 0 Å². The molecule has 1 amide bonds. The van der Waals surface area contributed by atoms with Crippen LogP contribution in [0.15, 0.2) is 48.8 Å². The Bertz CT molecular complexity index is 1220. The molecule has 0 aliphatic rings. The number of aromatic amines is 1. The summed E-state index contributed by atoms with van der Waals surface area (Å²) < 4.78 is 0. The van der Waals surface area contributed by atoms with Crippen LogP contribution in [0.3, 0.4) is 0 Å². The highest BCUT2D eigenvalue weighted by Crippen LogP contribution is 2.23. The molecule has 3 heterocycles. The Morgan fingerprint density at radius 1 is 1.25 bits per heavy atom. The number of aromatic nitrogens is 4. The number of carbonyl (C=O) groups excluding carboxylic acids is 1. The Morgan fingerprint density at radius 2 is 2.11 bits per heavy atom. The van der Waals surface area contributed by atoms with Crippen LogP contribution in [0.5, 0.6) is 0 Å². The molecule has 0 aliphatic carbocycles. The summed E-state index contributed by atoms with van der Waals surface area (Å²) in [6, 6.07) is 13.0. The van der Waals surface area contributed by atoms with Crippen molar-refractivity contribution in [1.29, 1.82) is 5.26 Å². The molecule has 0 bridgehead atoms. The lowest BCUT2D eigenvalue weighted by Gasteiger charge is -2.25. The number of hydrogen-bond acceptors (Lipinski definition) is 5. The molecule has 4 rings (SSSR count). The van der Waals surface area contributed by atoms with E-state index in [4.69, 9.17) is 5.26 Å². The van der Waals surface area contributed by atoms with E-state index in [9.17, 15) is 4.79 Å². The number of nitrogens with zero attached hydrogens (tertiary/aromatic N) is 4. The first kappa shape index (κ1) is 17.6. The molecule has 7 heteroatoms. The smallest absolute Gasteiger partial charge is 0.228 e. The molecule has 0 aliphatic heterocycles. The minimum atomic E-state index is -0.597. The standard InChI is InChI=1S/C21H18N6O/c1-21(2,17-5-3-4-8-23-17)27-19(28)10-18-25-16-12-24-15-7-6-13(11-22)9-14(15)20(16)26-18/h3-9,12H,10H2,1-2H3,(H,25,26)(H,27,28). The van der Waals surface area contributed by atoms with E-state index in [1.165, 1.54) is 0 Å². The van der Waals surface area contributed by atoms with Crippen LogP contribution in [0.25, 0.3) is 21.9 Å². The molecule has 0 saturated heterocycles. The summed E-state index contributed by atoms with van der Waals surface area (Å²) in [5.41, 5.74) is 2.92. The van der Waals surface area contributed by atoms with Gasteiger partial charge in [-0.25, -0.2) is 4.98 Å². The van der Waals surface area contributed by atoms with E-state index in [1.54, 1.807) is 30.6 Å². The van der Waals surface area contributed by atoms with Crippen molar-refractivity contribution < 1.29 is 4.79 Å². The Balaban J connectivity index is 1.60. The highest BCUT2D eigenvalue weighted by atomic mass is 16.1. The van der Waals surface area contributed by atoms with Gasteiger partial charge in [-0.3, -0.25) is 14.8 Å². The van der Waals surface area contributed by atoms with E-state index >= 15 is 0 Å². The predicted octanol–water partition coefficient (Wildman–Crippen LogP) is 2.97. The number of nitriles is 1. The number of H-pyrrole nitrogens is 1. The lowest BCUT2D eigenvalue weighted by Crippen LogP contribution is -2.42. The fraction of sp³-hybridized carbons (Fsp3) is 0.190. The van der Waals surface area contributed by atoms with Crippen LogP contribution in [0.4, 0.5) is 0 Å². The number of nitrogens with one attached hydrogen (secondary N) is 2. The number of amides is 1. The Labute approximate surface area is 161 Å². The van der Waals surface area contributed by atoms with Gasteiger partial charge in [-0.2, -0.15) is 5.26 Å². The van der Waals surface area contributed by atoms with Crippen LogP contribution in [-0.2, 0) is 16.8 Å². The molecule has 7 nitrogen and oxygen atoms in total. The number of imidazole rings is 1. The third-order valence-corrected chi connectivity index (χ3v) is 4.58. The van der Waals surface area contributed by atoms with Crippen molar-refractivity contribution >= 4 is 27.8 Å². The van der Waals surface area contributed by atoms with Gasteiger partial charge in [0.05, 0.1) is 52.0 Å². The highest BCUT2D eigenvalue weighted by molar-refractivity contribution is 6.02. The second kappa shape index (κ2) is 6.74. The first-order chi connectivity index (χ1) is 13.5. The van der Waals surface area contributed by atoms with Crippen molar-refractivity contribution in [2.24, 2.45) is 0 Å². The summed E-state index contributed by atoms with van der Waals surface area (Å²) in [4.78, 5) is 29.0. The molecule has 2 N–H and O–H groups in total. The number of hydrogen-bond donors (Lipinski definition) is 2. The molecule has 1 aromatic carbocycles. The van der Waals surface area contributed by atoms with Gasteiger partial charge in [-0.1, -0.05) is 6.07 Å². The number of carbonyl (C=O) groups is 1. The zero-order chi connectivity index (χ0) is 19.7. The second-order valence-corrected chi connectivity index (χ2v) is 7.11. The fourth-order valence-corrected chi connectivity index (χ4v) is 3.20. The Hall–Kier alpha value is -3.79. The first-order valence-corrected chi connectivity index (χ1v) is 8.86. The van der Waals surface area contributed by atoms with Gasteiger partial charge < -0.3 is 10.3 Å². The minimum absolute atomic E-state index is 0.102. The zero-order valence-corrected chi connectivity index (χ0v) is 15.5. The average molecular weight is 370 g/mol. The summed E-state index contributed by atoms with van der Waals surface area (Å²) in [5, 5.41) is 12.9. The van der Waals surface area contributed by atoms with Crippen molar-refractivity contribution in [3.05, 3.63) is 65.9 Å². The number of rotatable bonds is 4. The van der Waals surface area contributed by atoms with Crippen molar-refractivity contribution in [3.63, 3.8) is 0 Å². The van der Waals surface area contributed by atoms with Crippen molar-refractivity contribution in [2.75, 3.05) is 0 Å². The third-order valence-electron chi connectivity index (χ3n) is 4.58. The van der Waals surface area contributed by atoms with E-state index in [0.29, 0.717) is 16.9 Å². The summed E-state index contributed by atoms with van der Waals surface area (Å²) in [5.74, 6) is 0.380. The molecule has 0 unspecified atom stereocenters. The SMILES string of the molecule is CC(C)(NC(=O)Cc1nc2c(cnc3ccc(C#N)cc32)[nH]1)c1ccccn1. The van der Waals surface area contributed by atoms with Crippen LogP contribution in [0, 0.1) is 11.3 Å². The molecule has 28 heavy (non-hydrogen) atoms. The summed E-state index contributed by atoms with van der Waals surface area (Å²) in [7, 11) is 0. The number of pyridine rings is 2. The lowest BCUT2D eigenvalue weighted by molar-refractivity contribution is -0.122. The molecule has 3 aromatic heterocycles. The second-order valence-electron chi connectivity index (χ2n) is 7.11. The quantitative estimate of drug-likeness (QED) is 0.574. The van der Waals surface area contributed by atoms with E-state index < -0.39 is 5.54 Å². The molecule has 0 atom stereocenters. The van der Waals surface area contributed by atoms with Gasteiger partial charge >= 0.3 is 0 Å². The van der Waals surface area contributed by atoms with Gasteiger partial charge in [-0.15, -0.1) is 0 Å². The molecule has 0 saturated carbocycles. The van der Waals surface area contributed by atoms with Gasteiger partial charge in [0.15, 0.2) is 0 Å². The van der Waals surface area contributed by atoms with Gasteiger partial charge in [0.25, 0.3) is 0 Å². The van der Waals surface area contributed by atoms with Gasteiger partial charge in [-0.05, 0) is 44.2 Å². The Morgan fingerprint density at radius 3 is 2.86 bits per heavy atom. The van der Waals surface area contributed by atoms with Crippen LogP contribution < -0.4 is 5.32 Å². The first-order valence-electron chi connectivity index (χ1n) is 8.86. The van der Waals surface area contributed by atoms with Gasteiger partial charge in [0.1, 0.15) is 5.82 Å². The van der Waals surface area contributed by atoms with Crippen molar-refractivity contribution in [2.45, 2.75) is 25.8 Å². The normalized spacial score (nSPS) is 11.5. The van der Waals surface area contributed by atoms with Gasteiger partial charge in [0, 0.05) is 11.6 Å². The van der Waals surface area contributed by atoms with Crippen LogP contribution in [-0.4, -0.2) is 25.8 Å². The topological polar surface area (TPSA) is 107 Å². The third kappa shape index (κ3) is 3.28. The van der Waals surface area contributed by atoms with Crippen LogP contribution in [0.1, 0.15) is 30.9 Å². The van der Waals surface area contributed by atoms with Gasteiger partial charge in [0.2, 0.25) is 5.91 Å². The van der Waals surface area contributed by atoms with E-state index in [2.05, 4.69) is 31.3 Å². The molecule has 0 radical (unpaired) electrons. The van der Waals surface area contributed by atoms with E-state index in [-0.39, 0.29) is 12.3 Å². The predicted molar refractivity (Wildman–Crippen MR) is 105 cm³/mol. The van der Waals surface area contributed by atoms with E-state index in [0.717, 1.165) is 22.1 Å². The maximum absolute atomic E-state index is 12.6. The van der Waals surface area contributed by atoms with E-state index in [1.807, 2.05) is 32.0 Å². The van der Waals surface area contributed by atoms with Crippen molar-refractivity contribution in [3.8, 4) is 6.07 Å². The summed E-state index contributed by atoms with van der Waals surface area (Å²) >= 11 is 0. The molecule has 138 valence electrons. The summed E-state index contributed by atoms with van der Waals surface area (Å²) in [6.45, 7) is 3.82. The van der Waals surface area contributed by atoms with Crippen LogP contribution in [0.2, 0.25) is 0 Å². The number of benzene rings is 1. The lowest BCUT2D eigenvalue weighted by atomic mass is 9.99. The fourth-order valence-electron chi connectivity index (χ4n) is 3.20. The Kier molecular flexibility index (Phi) is 4.24. The molecule has 0 fully saturated rings.